The molecule has 29 heavy (non-hydrogen) atoms. The number of aromatic nitrogens is 1. The standard InChI is InChI=1S/C20H20Cl2FN3O2S/c1-25(2)8-3-9-26(20-24-16-6-5-14(23)11-18(16)29-20)19(27)12-28-17-7-4-13(21)10-15(17)22/h4-7,10-11H,3,8-9,12H2,1-2H3. The summed E-state index contributed by atoms with van der Waals surface area (Å²) in [6.45, 7) is 1.08. The van der Waals surface area contributed by atoms with Crippen LogP contribution in [0.2, 0.25) is 10.0 Å². The van der Waals surface area contributed by atoms with Gasteiger partial charge in [-0.05, 0) is 63.5 Å². The van der Waals surface area contributed by atoms with Crippen LogP contribution in [0.1, 0.15) is 6.42 Å². The van der Waals surface area contributed by atoms with Gasteiger partial charge >= 0.3 is 0 Å². The number of ether oxygens (including phenoxy) is 1. The third-order valence-corrected chi connectivity index (χ3v) is 5.67. The maximum Gasteiger partial charge on any atom is 0.266 e. The lowest BCUT2D eigenvalue weighted by Crippen LogP contribution is -2.36. The summed E-state index contributed by atoms with van der Waals surface area (Å²) in [6.07, 6.45) is 0.755. The van der Waals surface area contributed by atoms with E-state index in [0.29, 0.717) is 37.7 Å². The van der Waals surface area contributed by atoms with Gasteiger partial charge in [0.2, 0.25) is 0 Å². The predicted molar refractivity (Wildman–Crippen MR) is 117 cm³/mol. The molecule has 0 aliphatic rings. The molecule has 0 aliphatic carbocycles. The van der Waals surface area contributed by atoms with Crippen molar-refractivity contribution in [2.45, 2.75) is 6.42 Å². The second-order valence-electron chi connectivity index (χ2n) is 6.67. The smallest absolute Gasteiger partial charge is 0.266 e. The van der Waals surface area contributed by atoms with Crippen molar-refractivity contribution in [3.05, 3.63) is 52.3 Å². The molecule has 0 fully saturated rings. The molecule has 1 aromatic heterocycles. The lowest BCUT2D eigenvalue weighted by Gasteiger charge is -2.21. The zero-order valence-corrected chi connectivity index (χ0v) is 18.3. The Morgan fingerprint density at radius 2 is 1.97 bits per heavy atom. The Hall–Kier alpha value is -1.93. The molecule has 0 radical (unpaired) electrons. The Morgan fingerprint density at radius 1 is 1.17 bits per heavy atom. The van der Waals surface area contributed by atoms with Crippen molar-refractivity contribution in [1.82, 2.24) is 9.88 Å². The number of amides is 1. The van der Waals surface area contributed by atoms with Crippen LogP contribution in [0.4, 0.5) is 9.52 Å². The van der Waals surface area contributed by atoms with Crippen LogP contribution in [-0.4, -0.2) is 49.6 Å². The molecule has 1 amide bonds. The van der Waals surface area contributed by atoms with Crippen LogP contribution in [0.3, 0.4) is 0 Å². The van der Waals surface area contributed by atoms with Crippen molar-refractivity contribution in [3.8, 4) is 5.75 Å². The fourth-order valence-electron chi connectivity index (χ4n) is 2.68. The van der Waals surface area contributed by atoms with E-state index in [-0.39, 0.29) is 18.3 Å². The number of halogens is 3. The van der Waals surface area contributed by atoms with Gasteiger partial charge in [-0.2, -0.15) is 0 Å². The van der Waals surface area contributed by atoms with Crippen molar-refractivity contribution in [3.63, 3.8) is 0 Å². The van der Waals surface area contributed by atoms with E-state index in [1.54, 1.807) is 29.2 Å². The number of thiazole rings is 1. The maximum atomic E-state index is 13.5. The number of hydrogen-bond acceptors (Lipinski definition) is 5. The number of anilines is 1. The third kappa shape index (κ3) is 5.79. The Balaban J connectivity index is 1.78. The largest absolute Gasteiger partial charge is 0.482 e. The molecule has 0 saturated heterocycles. The highest BCUT2D eigenvalue weighted by atomic mass is 35.5. The van der Waals surface area contributed by atoms with Crippen molar-refractivity contribution in [1.29, 1.82) is 0 Å². The molecule has 1 heterocycles. The molecule has 9 heteroatoms. The van der Waals surface area contributed by atoms with Crippen LogP contribution in [-0.2, 0) is 4.79 Å². The summed E-state index contributed by atoms with van der Waals surface area (Å²) >= 11 is 13.3. The van der Waals surface area contributed by atoms with E-state index in [1.807, 2.05) is 19.0 Å². The van der Waals surface area contributed by atoms with Crippen molar-refractivity contribution >= 4 is 55.8 Å². The fraction of sp³-hybridized carbons (Fsp3) is 0.300. The molecule has 3 rings (SSSR count). The molecule has 3 aromatic rings. The molecule has 0 saturated carbocycles. The highest BCUT2D eigenvalue weighted by Crippen LogP contribution is 2.30. The minimum atomic E-state index is -0.334. The molecule has 0 atom stereocenters. The van der Waals surface area contributed by atoms with Crippen molar-refractivity contribution in [2.24, 2.45) is 0 Å². The minimum absolute atomic E-state index is 0.201. The zero-order valence-electron chi connectivity index (χ0n) is 16.0. The van der Waals surface area contributed by atoms with Crippen molar-refractivity contribution in [2.75, 3.05) is 38.7 Å². The van der Waals surface area contributed by atoms with Gasteiger partial charge in [0.1, 0.15) is 11.6 Å². The van der Waals surface area contributed by atoms with Crippen LogP contribution in [0.15, 0.2) is 36.4 Å². The number of hydrogen-bond donors (Lipinski definition) is 0. The Labute approximate surface area is 182 Å². The number of nitrogens with zero attached hydrogens (tertiary/aromatic N) is 3. The minimum Gasteiger partial charge on any atom is -0.482 e. The van der Waals surface area contributed by atoms with Gasteiger partial charge < -0.3 is 9.64 Å². The van der Waals surface area contributed by atoms with Gasteiger partial charge in [0, 0.05) is 11.6 Å². The average molecular weight is 456 g/mol. The fourth-order valence-corrected chi connectivity index (χ4v) is 4.18. The summed E-state index contributed by atoms with van der Waals surface area (Å²) in [5.41, 5.74) is 0.651. The molecule has 0 aliphatic heterocycles. The van der Waals surface area contributed by atoms with Crippen LogP contribution < -0.4 is 9.64 Å². The predicted octanol–water partition coefficient (Wildman–Crippen LogP) is 5.11. The molecule has 154 valence electrons. The van der Waals surface area contributed by atoms with Gasteiger partial charge in [-0.1, -0.05) is 34.5 Å². The number of benzene rings is 2. The Kier molecular flexibility index (Phi) is 7.29. The first kappa shape index (κ1) is 21.8. The summed E-state index contributed by atoms with van der Waals surface area (Å²) in [4.78, 5) is 21.0. The van der Waals surface area contributed by atoms with E-state index in [0.717, 1.165) is 13.0 Å². The topological polar surface area (TPSA) is 45.7 Å². The van der Waals surface area contributed by atoms with Crippen LogP contribution >= 0.6 is 34.5 Å². The molecule has 0 spiro atoms. The molecule has 0 N–H and O–H groups in total. The van der Waals surface area contributed by atoms with Gasteiger partial charge in [0.05, 0.1) is 15.2 Å². The molecule has 2 aromatic carbocycles. The van der Waals surface area contributed by atoms with E-state index in [2.05, 4.69) is 4.98 Å². The molecule has 0 unspecified atom stereocenters. The number of carbonyl (C=O) groups is 1. The highest BCUT2D eigenvalue weighted by molar-refractivity contribution is 7.22. The van der Waals surface area contributed by atoms with E-state index in [1.165, 1.54) is 23.5 Å². The molecular formula is C20H20Cl2FN3O2S. The van der Waals surface area contributed by atoms with E-state index < -0.39 is 0 Å². The average Bonchev–Trinajstić information content (AvgIpc) is 3.06. The first-order valence-electron chi connectivity index (χ1n) is 8.92. The maximum absolute atomic E-state index is 13.5. The molecular weight excluding hydrogens is 436 g/mol. The second-order valence-corrected chi connectivity index (χ2v) is 8.53. The van der Waals surface area contributed by atoms with E-state index in [9.17, 15) is 9.18 Å². The quantitative estimate of drug-likeness (QED) is 0.473. The number of rotatable bonds is 8. The van der Waals surface area contributed by atoms with Gasteiger partial charge in [-0.25, -0.2) is 9.37 Å². The SMILES string of the molecule is CN(C)CCCN(C(=O)COc1ccc(Cl)cc1Cl)c1nc2ccc(F)cc2s1. The number of fused-ring (bicyclic) bond motifs is 1. The van der Waals surface area contributed by atoms with Gasteiger partial charge in [0.15, 0.2) is 11.7 Å². The second kappa shape index (κ2) is 9.71. The van der Waals surface area contributed by atoms with Gasteiger partial charge in [-0.3, -0.25) is 9.69 Å². The lowest BCUT2D eigenvalue weighted by atomic mass is 10.3. The van der Waals surface area contributed by atoms with Crippen LogP contribution in [0.5, 0.6) is 5.75 Å². The molecule has 5 nitrogen and oxygen atoms in total. The Morgan fingerprint density at radius 3 is 2.69 bits per heavy atom. The summed E-state index contributed by atoms with van der Waals surface area (Å²) in [5.74, 6) is -0.211. The highest BCUT2D eigenvalue weighted by Gasteiger charge is 2.21. The zero-order chi connectivity index (χ0) is 21.0. The normalized spacial score (nSPS) is 11.2. The molecule has 0 bridgehead atoms. The monoisotopic (exact) mass is 455 g/mol. The summed E-state index contributed by atoms with van der Waals surface area (Å²) in [6, 6.07) is 9.20. The van der Waals surface area contributed by atoms with Crippen LogP contribution in [0.25, 0.3) is 10.2 Å². The number of carbonyl (C=O) groups excluding carboxylic acids is 1. The summed E-state index contributed by atoms with van der Waals surface area (Å²) in [7, 11) is 3.94. The first-order valence-corrected chi connectivity index (χ1v) is 10.5. The summed E-state index contributed by atoms with van der Waals surface area (Å²) in [5, 5.41) is 1.33. The van der Waals surface area contributed by atoms with Crippen molar-refractivity contribution < 1.29 is 13.9 Å². The third-order valence-electron chi connectivity index (χ3n) is 4.10. The summed E-state index contributed by atoms with van der Waals surface area (Å²) < 4.78 is 19.8. The Bertz CT molecular complexity index is 1010. The first-order chi connectivity index (χ1) is 13.8. The lowest BCUT2D eigenvalue weighted by molar-refractivity contribution is -0.120. The van der Waals surface area contributed by atoms with E-state index >= 15 is 0 Å². The van der Waals surface area contributed by atoms with Crippen LogP contribution in [0, 0.1) is 5.82 Å². The van der Waals surface area contributed by atoms with E-state index in [4.69, 9.17) is 27.9 Å². The van der Waals surface area contributed by atoms with Gasteiger partial charge in [-0.15, -0.1) is 0 Å². The van der Waals surface area contributed by atoms with Gasteiger partial charge in [0.25, 0.3) is 5.91 Å².